The van der Waals surface area contributed by atoms with Crippen molar-refractivity contribution in [2.24, 2.45) is 16.3 Å². The molecule has 0 amide bonds. The van der Waals surface area contributed by atoms with Gasteiger partial charge < -0.3 is 20.3 Å². The summed E-state index contributed by atoms with van der Waals surface area (Å²) >= 11 is 0. The summed E-state index contributed by atoms with van der Waals surface area (Å²) < 4.78 is 5.71. The number of guanidine groups is 1. The average Bonchev–Trinajstić information content (AvgIpc) is 2.60. The summed E-state index contributed by atoms with van der Waals surface area (Å²) in [6, 6.07) is 0.404. The first-order valence-electron chi connectivity index (χ1n) is 9.61. The molecule has 2 atom stereocenters. The van der Waals surface area contributed by atoms with Crippen molar-refractivity contribution >= 4 is 5.96 Å². The molecule has 1 saturated carbocycles. The van der Waals surface area contributed by atoms with Crippen LogP contribution in [0.2, 0.25) is 0 Å². The summed E-state index contributed by atoms with van der Waals surface area (Å²) in [4.78, 5) is 6.95. The molecule has 0 bridgehead atoms. The number of methoxy groups -OCH3 is 1. The number of hydrogen-bond acceptors (Lipinski definition) is 3. The molecule has 2 aliphatic rings. The molecule has 24 heavy (non-hydrogen) atoms. The van der Waals surface area contributed by atoms with Crippen LogP contribution in [-0.4, -0.2) is 62.8 Å². The lowest BCUT2D eigenvalue weighted by atomic mass is 9.56. The Morgan fingerprint density at radius 2 is 1.92 bits per heavy atom. The number of likely N-dealkylation sites (tertiary alicyclic amines) is 1. The van der Waals surface area contributed by atoms with Crippen molar-refractivity contribution in [3.63, 3.8) is 0 Å². The molecule has 1 heterocycles. The second kappa shape index (κ2) is 8.05. The van der Waals surface area contributed by atoms with Gasteiger partial charge in [-0.2, -0.15) is 0 Å². The van der Waals surface area contributed by atoms with Crippen LogP contribution in [0, 0.1) is 11.3 Å². The molecule has 2 unspecified atom stereocenters. The molecular weight excluding hydrogens is 300 g/mol. The van der Waals surface area contributed by atoms with Crippen LogP contribution in [-0.2, 0) is 4.74 Å². The van der Waals surface area contributed by atoms with Crippen molar-refractivity contribution in [3.8, 4) is 0 Å². The molecule has 0 spiro atoms. The van der Waals surface area contributed by atoms with E-state index in [0.717, 1.165) is 24.8 Å². The van der Waals surface area contributed by atoms with Crippen LogP contribution in [0.25, 0.3) is 0 Å². The molecule has 2 N–H and O–H groups in total. The third-order valence-corrected chi connectivity index (χ3v) is 6.81. The van der Waals surface area contributed by atoms with Gasteiger partial charge in [-0.25, -0.2) is 0 Å². The molecule has 0 aromatic rings. The molecule has 2 rings (SSSR count). The first-order chi connectivity index (χ1) is 11.4. The highest BCUT2D eigenvalue weighted by Crippen LogP contribution is 2.51. The van der Waals surface area contributed by atoms with E-state index in [4.69, 9.17) is 4.74 Å². The molecular formula is C19H38N4O. The predicted molar refractivity (Wildman–Crippen MR) is 102 cm³/mol. The lowest BCUT2D eigenvalue weighted by molar-refractivity contribution is -0.176. The fraction of sp³-hybridized carbons (Fsp3) is 0.947. The van der Waals surface area contributed by atoms with Gasteiger partial charge in [-0.15, -0.1) is 0 Å². The molecule has 2 fully saturated rings. The van der Waals surface area contributed by atoms with Gasteiger partial charge >= 0.3 is 0 Å². The van der Waals surface area contributed by atoms with Crippen LogP contribution >= 0.6 is 0 Å². The number of nitrogens with zero attached hydrogens (tertiary/aromatic N) is 2. The topological polar surface area (TPSA) is 48.9 Å². The Morgan fingerprint density at radius 3 is 2.42 bits per heavy atom. The monoisotopic (exact) mass is 338 g/mol. The Labute approximate surface area is 148 Å². The van der Waals surface area contributed by atoms with Gasteiger partial charge in [-0.1, -0.05) is 20.8 Å². The second-order valence-corrected chi connectivity index (χ2v) is 8.22. The first kappa shape index (κ1) is 19.5. The normalized spacial score (nSPS) is 31.6. The van der Waals surface area contributed by atoms with E-state index in [1.54, 1.807) is 0 Å². The van der Waals surface area contributed by atoms with Crippen LogP contribution in [0.5, 0.6) is 0 Å². The minimum atomic E-state index is -0.0449. The number of aliphatic imine (C=N–C) groups is 1. The molecule has 5 nitrogen and oxygen atoms in total. The highest BCUT2D eigenvalue weighted by atomic mass is 16.5. The van der Waals surface area contributed by atoms with Crippen molar-refractivity contribution in [1.29, 1.82) is 0 Å². The highest BCUT2D eigenvalue weighted by molar-refractivity contribution is 5.80. The molecule has 1 aliphatic carbocycles. The van der Waals surface area contributed by atoms with E-state index in [2.05, 4.69) is 48.2 Å². The fourth-order valence-corrected chi connectivity index (χ4v) is 4.07. The van der Waals surface area contributed by atoms with Crippen LogP contribution < -0.4 is 10.6 Å². The largest absolute Gasteiger partial charge is 0.378 e. The maximum absolute atomic E-state index is 5.71. The van der Waals surface area contributed by atoms with Gasteiger partial charge in [0, 0.05) is 32.2 Å². The van der Waals surface area contributed by atoms with Gasteiger partial charge in [-0.05, 0) is 58.2 Å². The third-order valence-electron chi connectivity index (χ3n) is 6.81. The van der Waals surface area contributed by atoms with Gasteiger partial charge in [0.15, 0.2) is 5.96 Å². The lowest BCUT2D eigenvalue weighted by Gasteiger charge is -2.59. The van der Waals surface area contributed by atoms with Crippen molar-refractivity contribution < 1.29 is 4.74 Å². The summed E-state index contributed by atoms with van der Waals surface area (Å²) in [5, 5.41) is 7.10. The molecule has 0 aromatic heterocycles. The van der Waals surface area contributed by atoms with Gasteiger partial charge in [0.25, 0.3) is 0 Å². The van der Waals surface area contributed by atoms with E-state index in [-0.39, 0.29) is 11.0 Å². The van der Waals surface area contributed by atoms with E-state index in [0.29, 0.717) is 6.04 Å². The number of nitrogens with one attached hydrogen (secondary N) is 2. The van der Waals surface area contributed by atoms with Gasteiger partial charge in [-0.3, -0.25) is 4.99 Å². The molecule has 140 valence electrons. The van der Waals surface area contributed by atoms with E-state index in [1.165, 1.54) is 38.9 Å². The van der Waals surface area contributed by atoms with E-state index in [9.17, 15) is 0 Å². The highest BCUT2D eigenvalue weighted by Gasteiger charge is 2.58. The molecule has 5 heteroatoms. The van der Waals surface area contributed by atoms with Crippen LogP contribution in [0.3, 0.4) is 0 Å². The Balaban J connectivity index is 1.71. The Hall–Kier alpha value is -0.810. The van der Waals surface area contributed by atoms with E-state index in [1.807, 2.05) is 14.2 Å². The summed E-state index contributed by atoms with van der Waals surface area (Å²) in [6.07, 6.45) is 4.93. The standard InChI is InChI=1S/C19H38N4O/c1-7-23-12-9-15(10-13-23)8-11-21-17(20-5)22-16-14-19(4,24-6)18(16,2)3/h15-16H,7-14H2,1-6H3,(H2,20,21,22). The average molecular weight is 339 g/mol. The molecule has 0 radical (unpaired) electrons. The maximum atomic E-state index is 5.71. The zero-order chi connectivity index (χ0) is 17.8. The minimum absolute atomic E-state index is 0.0449. The Kier molecular flexibility index (Phi) is 6.54. The van der Waals surface area contributed by atoms with Gasteiger partial charge in [0.2, 0.25) is 0 Å². The minimum Gasteiger partial charge on any atom is -0.378 e. The van der Waals surface area contributed by atoms with Crippen molar-refractivity contribution in [3.05, 3.63) is 0 Å². The zero-order valence-corrected chi connectivity index (χ0v) is 16.6. The SMILES string of the molecule is CCN1CCC(CCNC(=NC)NC2CC(C)(OC)C2(C)C)CC1. The number of rotatable bonds is 6. The number of hydrogen-bond donors (Lipinski definition) is 2. The summed E-state index contributed by atoms with van der Waals surface area (Å²) in [5.41, 5.74) is 0.0586. The van der Waals surface area contributed by atoms with Crippen molar-refractivity contribution in [1.82, 2.24) is 15.5 Å². The van der Waals surface area contributed by atoms with E-state index >= 15 is 0 Å². The van der Waals surface area contributed by atoms with Gasteiger partial charge in [0.1, 0.15) is 0 Å². The van der Waals surface area contributed by atoms with Crippen molar-refractivity contribution in [2.45, 2.75) is 65.0 Å². The number of piperidine rings is 1. The van der Waals surface area contributed by atoms with Gasteiger partial charge in [0.05, 0.1) is 5.60 Å². The summed E-state index contributed by atoms with van der Waals surface area (Å²) in [7, 11) is 3.67. The smallest absolute Gasteiger partial charge is 0.191 e. The van der Waals surface area contributed by atoms with Crippen molar-refractivity contribution in [2.75, 3.05) is 40.3 Å². The zero-order valence-electron chi connectivity index (χ0n) is 16.6. The predicted octanol–water partition coefficient (Wildman–Crippen LogP) is 2.48. The summed E-state index contributed by atoms with van der Waals surface area (Å²) in [6.45, 7) is 13.7. The fourth-order valence-electron chi connectivity index (χ4n) is 4.07. The Bertz CT molecular complexity index is 429. The number of ether oxygens (including phenoxy) is 1. The quantitative estimate of drug-likeness (QED) is 0.577. The van der Waals surface area contributed by atoms with Crippen LogP contribution in [0.1, 0.15) is 53.4 Å². The molecule has 1 aliphatic heterocycles. The maximum Gasteiger partial charge on any atom is 0.191 e. The van der Waals surface area contributed by atoms with Crippen LogP contribution in [0.15, 0.2) is 4.99 Å². The molecule has 1 saturated heterocycles. The Morgan fingerprint density at radius 1 is 1.25 bits per heavy atom. The van der Waals surface area contributed by atoms with Crippen LogP contribution in [0.4, 0.5) is 0 Å². The third kappa shape index (κ3) is 4.05. The molecule has 0 aromatic carbocycles. The first-order valence-corrected chi connectivity index (χ1v) is 9.61. The second-order valence-electron chi connectivity index (χ2n) is 8.22. The summed E-state index contributed by atoms with van der Waals surface area (Å²) in [5.74, 6) is 1.78. The van der Waals surface area contributed by atoms with E-state index < -0.39 is 0 Å². The lowest BCUT2D eigenvalue weighted by Crippen LogP contribution is -2.69.